The van der Waals surface area contributed by atoms with Crippen molar-refractivity contribution < 1.29 is 4.79 Å². The van der Waals surface area contributed by atoms with E-state index in [1.54, 1.807) is 0 Å². The van der Waals surface area contributed by atoms with E-state index in [0.29, 0.717) is 30.5 Å². The molecule has 1 unspecified atom stereocenters. The van der Waals surface area contributed by atoms with Crippen LogP contribution in [0, 0.1) is 5.92 Å². The van der Waals surface area contributed by atoms with Crippen molar-refractivity contribution in [2.75, 3.05) is 33.2 Å². The van der Waals surface area contributed by atoms with Crippen LogP contribution in [0.15, 0.2) is 0 Å². The number of hydrogen-bond donors (Lipinski definition) is 1. The average Bonchev–Trinajstić information content (AvgIpc) is 3.20. The maximum absolute atomic E-state index is 12.5. The normalized spacial score (nSPS) is 24.7. The molecule has 0 radical (unpaired) electrons. The van der Waals surface area contributed by atoms with E-state index in [2.05, 4.69) is 29.0 Å². The number of likely N-dealkylation sites (N-methyl/N-ethyl adjacent to an activating group) is 1. The molecule has 2 rings (SSSR count). The van der Waals surface area contributed by atoms with Gasteiger partial charge in [-0.05, 0) is 45.2 Å². The van der Waals surface area contributed by atoms with E-state index in [9.17, 15) is 4.79 Å². The summed E-state index contributed by atoms with van der Waals surface area (Å²) in [5.41, 5.74) is 0. The second-order valence-corrected chi connectivity index (χ2v) is 6.53. The fraction of sp³-hybridized carbons (Fsp3) is 0.933. The van der Waals surface area contributed by atoms with Gasteiger partial charge in [0.1, 0.15) is 0 Å². The Labute approximate surface area is 117 Å². The average molecular weight is 267 g/mol. The largest absolute Gasteiger partial charge is 0.338 e. The summed E-state index contributed by atoms with van der Waals surface area (Å²) in [6, 6.07) is 1.10. The van der Waals surface area contributed by atoms with Crippen LogP contribution >= 0.6 is 0 Å². The molecule has 0 aromatic rings. The van der Waals surface area contributed by atoms with E-state index in [1.807, 2.05) is 7.05 Å². The lowest BCUT2D eigenvalue weighted by molar-refractivity contribution is -0.133. The van der Waals surface area contributed by atoms with Crippen LogP contribution in [0.5, 0.6) is 0 Å². The molecule has 110 valence electrons. The van der Waals surface area contributed by atoms with Crippen LogP contribution in [0.2, 0.25) is 0 Å². The third-order valence-electron chi connectivity index (χ3n) is 4.14. The minimum atomic E-state index is 0.341. The predicted molar refractivity (Wildman–Crippen MR) is 78.1 cm³/mol. The third-order valence-corrected chi connectivity index (χ3v) is 4.14. The quantitative estimate of drug-likeness (QED) is 0.788. The summed E-state index contributed by atoms with van der Waals surface area (Å²) < 4.78 is 0. The SMILES string of the molecule is CNC1CCCN(CC(=O)N(CC(C)C)C2CC2)C1. The molecule has 1 aliphatic carbocycles. The molecular formula is C15H29N3O. The Balaban J connectivity index is 1.84. The molecule has 0 bridgehead atoms. The van der Waals surface area contributed by atoms with Crippen LogP contribution < -0.4 is 5.32 Å². The van der Waals surface area contributed by atoms with E-state index < -0.39 is 0 Å². The first-order valence-electron chi connectivity index (χ1n) is 7.79. The fourth-order valence-electron chi connectivity index (χ4n) is 2.95. The van der Waals surface area contributed by atoms with Gasteiger partial charge in [-0.15, -0.1) is 0 Å². The van der Waals surface area contributed by atoms with Gasteiger partial charge in [0, 0.05) is 25.2 Å². The van der Waals surface area contributed by atoms with Crippen LogP contribution in [0.4, 0.5) is 0 Å². The monoisotopic (exact) mass is 267 g/mol. The van der Waals surface area contributed by atoms with Crippen molar-refractivity contribution >= 4 is 5.91 Å². The smallest absolute Gasteiger partial charge is 0.237 e. The fourth-order valence-corrected chi connectivity index (χ4v) is 2.95. The van der Waals surface area contributed by atoms with Crippen molar-refractivity contribution in [3.63, 3.8) is 0 Å². The van der Waals surface area contributed by atoms with Crippen molar-refractivity contribution in [2.45, 2.75) is 51.6 Å². The Bertz CT molecular complexity index is 302. The van der Waals surface area contributed by atoms with Gasteiger partial charge in [0.2, 0.25) is 5.91 Å². The number of carbonyl (C=O) groups excluding carboxylic acids is 1. The zero-order chi connectivity index (χ0) is 13.8. The highest BCUT2D eigenvalue weighted by atomic mass is 16.2. The Morgan fingerprint density at radius 1 is 1.37 bits per heavy atom. The van der Waals surface area contributed by atoms with Crippen molar-refractivity contribution in [1.82, 2.24) is 15.1 Å². The Morgan fingerprint density at radius 3 is 2.68 bits per heavy atom. The van der Waals surface area contributed by atoms with Crippen LogP contribution in [0.3, 0.4) is 0 Å². The lowest BCUT2D eigenvalue weighted by Crippen LogP contribution is -2.49. The molecule has 4 heteroatoms. The van der Waals surface area contributed by atoms with Crippen molar-refractivity contribution in [2.24, 2.45) is 5.92 Å². The van der Waals surface area contributed by atoms with Crippen molar-refractivity contribution in [3.8, 4) is 0 Å². The minimum Gasteiger partial charge on any atom is -0.338 e. The highest BCUT2D eigenvalue weighted by Crippen LogP contribution is 2.28. The minimum absolute atomic E-state index is 0.341. The highest BCUT2D eigenvalue weighted by Gasteiger charge is 2.33. The van der Waals surface area contributed by atoms with E-state index >= 15 is 0 Å². The number of likely N-dealkylation sites (tertiary alicyclic amines) is 1. The summed E-state index contributed by atoms with van der Waals surface area (Å²) >= 11 is 0. The third kappa shape index (κ3) is 4.46. The second-order valence-electron chi connectivity index (χ2n) is 6.53. The summed E-state index contributed by atoms with van der Waals surface area (Å²) in [5.74, 6) is 0.906. The number of nitrogens with one attached hydrogen (secondary N) is 1. The predicted octanol–water partition coefficient (Wildman–Crippen LogP) is 1.32. The van der Waals surface area contributed by atoms with Gasteiger partial charge in [-0.3, -0.25) is 9.69 Å². The summed E-state index contributed by atoms with van der Waals surface area (Å²) in [5, 5.41) is 3.34. The first-order chi connectivity index (χ1) is 9.10. The Morgan fingerprint density at radius 2 is 2.11 bits per heavy atom. The van der Waals surface area contributed by atoms with E-state index in [4.69, 9.17) is 0 Å². The van der Waals surface area contributed by atoms with Crippen molar-refractivity contribution in [3.05, 3.63) is 0 Å². The molecule has 1 N–H and O–H groups in total. The molecule has 4 nitrogen and oxygen atoms in total. The molecule has 2 aliphatic rings. The van der Waals surface area contributed by atoms with Crippen LogP contribution in [-0.4, -0.2) is 61.0 Å². The molecule has 1 aliphatic heterocycles. The molecule has 1 atom stereocenters. The van der Waals surface area contributed by atoms with Gasteiger partial charge in [-0.1, -0.05) is 13.8 Å². The zero-order valence-electron chi connectivity index (χ0n) is 12.7. The molecule has 1 saturated carbocycles. The first kappa shape index (κ1) is 14.8. The zero-order valence-corrected chi connectivity index (χ0v) is 12.7. The van der Waals surface area contributed by atoms with Gasteiger partial charge in [-0.2, -0.15) is 0 Å². The molecule has 1 heterocycles. The summed E-state index contributed by atoms with van der Waals surface area (Å²) in [4.78, 5) is 16.9. The number of rotatable bonds is 6. The summed E-state index contributed by atoms with van der Waals surface area (Å²) in [7, 11) is 2.02. The molecule has 1 amide bonds. The lowest BCUT2D eigenvalue weighted by atomic mass is 10.1. The van der Waals surface area contributed by atoms with Crippen LogP contribution in [0.25, 0.3) is 0 Å². The highest BCUT2D eigenvalue weighted by molar-refractivity contribution is 5.79. The maximum atomic E-state index is 12.5. The standard InChI is InChI=1S/C15H29N3O/c1-12(2)9-18(14-6-7-14)15(19)11-17-8-4-5-13(10-17)16-3/h12-14,16H,4-11H2,1-3H3. The lowest BCUT2D eigenvalue weighted by Gasteiger charge is -2.34. The molecule has 1 saturated heterocycles. The molecule has 0 aromatic carbocycles. The molecule has 0 aromatic heterocycles. The number of hydrogen-bond acceptors (Lipinski definition) is 3. The second kappa shape index (κ2) is 6.71. The van der Waals surface area contributed by atoms with Gasteiger partial charge < -0.3 is 10.2 Å². The Kier molecular flexibility index (Phi) is 5.22. The number of amides is 1. The van der Waals surface area contributed by atoms with Gasteiger partial charge in [-0.25, -0.2) is 0 Å². The van der Waals surface area contributed by atoms with Crippen molar-refractivity contribution in [1.29, 1.82) is 0 Å². The number of piperidine rings is 1. The van der Waals surface area contributed by atoms with Gasteiger partial charge in [0.25, 0.3) is 0 Å². The van der Waals surface area contributed by atoms with Crippen LogP contribution in [-0.2, 0) is 4.79 Å². The van der Waals surface area contributed by atoms with Crippen LogP contribution in [0.1, 0.15) is 39.5 Å². The van der Waals surface area contributed by atoms with Gasteiger partial charge in [0.05, 0.1) is 6.54 Å². The summed E-state index contributed by atoms with van der Waals surface area (Å²) in [6.45, 7) is 8.02. The van der Waals surface area contributed by atoms with E-state index in [-0.39, 0.29) is 0 Å². The topological polar surface area (TPSA) is 35.6 Å². The molecule has 0 spiro atoms. The van der Waals surface area contributed by atoms with Gasteiger partial charge in [0.15, 0.2) is 0 Å². The maximum Gasteiger partial charge on any atom is 0.237 e. The summed E-state index contributed by atoms with van der Waals surface area (Å²) in [6.07, 6.45) is 4.85. The first-order valence-corrected chi connectivity index (χ1v) is 7.79. The van der Waals surface area contributed by atoms with E-state index in [1.165, 1.54) is 25.7 Å². The Hall–Kier alpha value is -0.610. The number of carbonyl (C=O) groups is 1. The molecular weight excluding hydrogens is 238 g/mol. The van der Waals surface area contributed by atoms with Gasteiger partial charge >= 0.3 is 0 Å². The number of nitrogens with zero attached hydrogens (tertiary/aromatic N) is 2. The van der Waals surface area contributed by atoms with E-state index in [0.717, 1.165) is 19.6 Å². The molecule has 2 fully saturated rings. The molecule has 19 heavy (non-hydrogen) atoms.